The molecule has 2 heterocycles. The Morgan fingerprint density at radius 2 is 1.97 bits per heavy atom. The van der Waals surface area contributed by atoms with Gasteiger partial charge in [0.25, 0.3) is 5.91 Å². The van der Waals surface area contributed by atoms with Crippen molar-refractivity contribution in [3.05, 3.63) is 53.8 Å². The third kappa shape index (κ3) is 5.71. The van der Waals surface area contributed by atoms with Gasteiger partial charge >= 0.3 is 0 Å². The summed E-state index contributed by atoms with van der Waals surface area (Å²) in [6, 6.07) is 11.3. The summed E-state index contributed by atoms with van der Waals surface area (Å²) < 4.78 is 25.0. The number of ether oxygens (including phenoxy) is 2. The maximum atomic E-state index is 13.3. The first-order valence-corrected chi connectivity index (χ1v) is 10.8. The van der Waals surface area contributed by atoms with Crippen molar-refractivity contribution >= 4 is 45.0 Å². The van der Waals surface area contributed by atoms with Crippen LogP contribution in [0.4, 0.5) is 9.52 Å². The van der Waals surface area contributed by atoms with Crippen LogP contribution in [0.25, 0.3) is 10.2 Å². The number of amides is 1. The lowest BCUT2D eigenvalue weighted by molar-refractivity contribution is 0.0376. The van der Waals surface area contributed by atoms with E-state index in [2.05, 4.69) is 9.88 Å². The van der Waals surface area contributed by atoms with Gasteiger partial charge in [-0.3, -0.25) is 14.6 Å². The third-order valence-corrected chi connectivity index (χ3v) is 6.15. The van der Waals surface area contributed by atoms with Crippen LogP contribution >= 0.6 is 23.7 Å². The fourth-order valence-electron chi connectivity index (χ4n) is 3.44. The lowest BCUT2D eigenvalue weighted by atomic mass is 10.2. The number of nitrogens with zero attached hydrogens (tertiary/aromatic N) is 3. The molecule has 166 valence electrons. The molecule has 1 aliphatic rings. The van der Waals surface area contributed by atoms with E-state index in [0.29, 0.717) is 17.2 Å². The van der Waals surface area contributed by atoms with Gasteiger partial charge in [0.15, 0.2) is 5.13 Å². The van der Waals surface area contributed by atoms with Crippen molar-refractivity contribution in [1.29, 1.82) is 0 Å². The molecule has 3 aromatic rings. The number of benzene rings is 2. The van der Waals surface area contributed by atoms with Crippen molar-refractivity contribution in [2.24, 2.45) is 0 Å². The Kier molecular flexibility index (Phi) is 8.20. The Labute approximate surface area is 191 Å². The predicted octanol–water partition coefficient (Wildman–Crippen LogP) is 4.23. The minimum absolute atomic E-state index is 0. The zero-order valence-corrected chi connectivity index (χ0v) is 18.9. The van der Waals surface area contributed by atoms with E-state index in [0.717, 1.165) is 55.2 Å². The third-order valence-electron chi connectivity index (χ3n) is 5.11. The number of fused-ring (bicyclic) bond motifs is 1. The van der Waals surface area contributed by atoms with Crippen LogP contribution in [-0.4, -0.2) is 62.3 Å². The number of morpholine rings is 1. The molecule has 1 amide bonds. The molecular weight excluding hydrogens is 441 g/mol. The Hall–Kier alpha value is -2.26. The van der Waals surface area contributed by atoms with Gasteiger partial charge in [0.1, 0.15) is 11.6 Å². The zero-order chi connectivity index (χ0) is 20.9. The fourth-order valence-corrected chi connectivity index (χ4v) is 4.46. The number of methoxy groups -OCH3 is 1. The van der Waals surface area contributed by atoms with Gasteiger partial charge in [-0.15, -0.1) is 12.4 Å². The SMILES string of the molecule is COc1ccc2nc(N(CCCN3CCOCC3)C(=O)c3ccc(F)cc3)sc2c1.Cl. The van der Waals surface area contributed by atoms with Crippen LogP contribution in [0.2, 0.25) is 0 Å². The molecule has 31 heavy (non-hydrogen) atoms. The van der Waals surface area contributed by atoms with Crippen LogP contribution in [0.15, 0.2) is 42.5 Å². The standard InChI is InChI=1S/C22H24FN3O3S.ClH/c1-28-18-7-8-19-20(15-18)30-22(24-19)26(10-2-9-25-11-13-29-14-12-25)21(27)16-3-5-17(23)6-4-16;/h3-8,15H,2,9-14H2,1H3;1H. The number of thiazole rings is 1. The Morgan fingerprint density at radius 3 is 2.68 bits per heavy atom. The van der Waals surface area contributed by atoms with Crippen molar-refractivity contribution in [2.75, 3.05) is 51.4 Å². The molecule has 0 bridgehead atoms. The number of aromatic nitrogens is 1. The summed E-state index contributed by atoms with van der Waals surface area (Å²) >= 11 is 1.45. The second-order valence-electron chi connectivity index (χ2n) is 7.10. The van der Waals surface area contributed by atoms with Gasteiger partial charge in [-0.25, -0.2) is 9.37 Å². The summed E-state index contributed by atoms with van der Waals surface area (Å²) in [6.07, 6.45) is 0.812. The molecule has 0 atom stereocenters. The highest BCUT2D eigenvalue weighted by atomic mass is 35.5. The van der Waals surface area contributed by atoms with E-state index >= 15 is 0 Å². The second kappa shape index (κ2) is 10.9. The highest BCUT2D eigenvalue weighted by Gasteiger charge is 2.22. The van der Waals surface area contributed by atoms with E-state index in [1.165, 1.54) is 35.6 Å². The molecule has 1 saturated heterocycles. The molecule has 1 aliphatic heterocycles. The van der Waals surface area contributed by atoms with Crippen LogP contribution in [0.5, 0.6) is 5.75 Å². The molecule has 1 fully saturated rings. The topological polar surface area (TPSA) is 54.9 Å². The summed E-state index contributed by atoms with van der Waals surface area (Å²) in [5, 5.41) is 0.634. The maximum absolute atomic E-state index is 13.3. The second-order valence-corrected chi connectivity index (χ2v) is 8.11. The van der Waals surface area contributed by atoms with Gasteiger partial charge in [0.2, 0.25) is 0 Å². The average molecular weight is 466 g/mol. The number of anilines is 1. The van der Waals surface area contributed by atoms with Crippen molar-refractivity contribution in [1.82, 2.24) is 9.88 Å². The van der Waals surface area contributed by atoms with Crippen LogP contribution in [0.3, 0.4) is 0 Å². The lowest BCUT2D eigenvalue weighted by Gasteiger charge is -2.27. The molecule has 0 spiro atoms. The summed E-state index contributed by atoms with van der Waals surface area (Å²) in [7, 11) is 1.62. The Bertz CT molecular complexity index is 1010. The van der Waals surface area contributed by atoms with Gasteiger partial charge in [0, 0.05) is 31.7 Å². The number of halogens is 2. The number of hydrogen-bond acceptors (Lipinski definition) is 6. The predicted molar refractivity (Wildman–Crippen MR) is 123 cm³/mol. The van der Waals surface area contributed by atoms with Crippen LogP contribution in [0, 0.1) is 5.82 Å². The van der Waals surface area contributed by atoms with Gasteiger partial charge < -0.3 is 9.47 Å². The summed E-state index contributed by atoms with van der Waals surface area (Å²) in [6.45, 7) is 4.73. The van der Waals surface area contributed by atoms with Gasteiger partial charge in [0.05, 0.1) is 30.5 Å². The van der Waals surface area contributed by atoms with Crippen molar-refractivity contribution in [2.45, 2.75) is 6.42 Å². The largest absolute Gasteiger partial charge is 0.497 e. The summed E-state index contributed by atoms with van der Waals surface area (Å²) in [5.74, 6) is 0.210. The van der Waals surface area contributed by atoms with Gasteiger partial charge in [-0.1, -0.05) is 11.3 Å². The fraction of sp³-hybridized carbons (Fsp3) is 0.364. The van der Waals surface area contributed by atoms with E-state index in [-0.39, 0.29) is 24.1 Å². The molecule has 1 aromatic heterocycles. The van der Waals surface area contributed by atoms with Gasteiger partial charge in [-0.2, -0.15) is 0 Å². The minimum Gasteiger partial charge on any atom is -0.497 e. The first-order valence-electron chi connectivity index (χ1n) is 9.96. The zero-order valence-electron chi connectivity index (χ0n) is 17.3. The van der Waals surface area contributed by atoms with Crippen LogP contribution in [-0.2, 0) is 4.74 Å². The smallest absolute Gasteiger partial charge is 0.260 e. The molecule has 6 nitrogen and oxygen atoms in total. The minimum atomic E-state index is -0.363. The van der Waals surface area contributed by atoms with Crippen molar-refractivity contribution < 1.29 is 18.7 Å². The van der Waals surface area contributed by atoms with Crippen molar-refractivity contribution in [3.63, 3.8) is 0 Å². The van der Waals surface area contributed by atoms with Crippen molar-refractivity contribution in [3.8, 4) is 5.75 Å². The van der Waals surface area contributed by atoms with Crippen LogP contribution < -0.4 is 9.64 Å². The quantitative estimate of drug-likeness (QED) is 0.522. The first-order chi connectivity index (χ1) is 14.6. The van der Waals surface area contributed by atoms with E-state index in [1.54, 1.807) is 12.0 Å². The monoisotopic (exact) mass is 465 g/mol. The highest BCUT2D eigenvalue weighted by Crippen LogP contribution is 2.32. The first kappa shape index (κ1) is 23.4. The molecule has 9 heteroatoms. The molecule has 0 saturated carbocycles. The summed E-state index contributed by atoms with van der Waals surface area (Å²) in [4.78, 5) is 22.0. The van der Waals surface area contributed by atoms with E-state index in [9.17, 15) is 9.18 Å². The maximum Gasteiger partial charge on any atom is 0.260 e. The molecular formula is C22H25ClFN3O3S. The molecule has 0 aliphatic carbocycles. The molecule has 2 aromatic carbocycles. The lowest BCUT2D eigenvalue weighted by Crippen LogP contribution is -2.39. The average Bonchev–Trinajstić information content (AvgIpc) is 3.20. The highest BCUT2D eigenvalue weighted by molar-refractivity contribution is 7.22. The number of hydrogen-bond donors (Lipinski definition) is 0. The molecule has 4 rings (SSSR count). The molecule has 0 unspecified atom stereocenters. The Balaban J connectivity index is 0.00000272. The number of rotatable bonds is 7. The van der Waals surface area contributed by atoms with E-state index < -0.39 is 0 Å². The van der Waals surface area contributed by atoms with Crippen LogP contribution in [0.1, 0.15) is 16.8 Å². The van der Waals surface area contributed by atoms with Gasteiger partial charge in [-0.05, 0) is 48.9 Å². The molecule has 0 N–H and O–H groups in total. The normalized spacial score (nSPS) is 14.3. The van der Waals surface area contributed by atoms with E-state index in [1.807, 2.05) is 18.2 Å². The Morgan fingerprint density at radius 1 is 1.23 bits per heavy atom. The molecule has 0 radical (unpaired) electrons. The number of carbonyl (C=O) groups excluding carboxylic acids is 1. The number of carbonyl (C=O) groups is 1. The van der Waals surface area contributed by atoms with E-state index in [4.69, 9.17) is 9.47 Å². The summed E-state index contributed by atoms with van der Waals surface area (Å²) in [5.41, 5.74) is 1.26.